The monoisotopic (exact) mass is 281 g/mol. The molecule has 4 heteroatoms. The quantitative estimate of drug-likeness (QED) is 0.636. The van der Waals surface area contributed by atoms with E-state index in [1.165, 1.54) is 0 Å². The van der Waals surface area contributed by atoms with Crippen LogP contribution in [-0.2, 0) is 16.0 Å². The molecule has 0 saturated heterocycles. The standard InChI is InChI=1S/C17H15NO3/c1-12-4-2-5-13(10-12)11-15-17(19)21-16(18-15)8-7-14-6-3-9-20-14/h2-6,9-11H,7-8H2,1H3/b15-11+. The van der Waals surface area contributed by atoms with Crippen LogP contribution in [0.4, 0.5) is 0 Å². The molecule has 2 heterocycles. The summed E-state index contributed by atoms with van der Waals surface area (Å²) >= 11 is 0. The number of benzene rings is 1. The lowest BCUT2D eigenvalue weighted by Gasteiger charge is -1.96. The molecule has 2 aromatic rings. The average Bonchev–Trinajstić information content (AvgIpc) is 3.07. The molecule has 0 saturated carbocycles. The first kappa shape index (κ1) is 13.4. The highest BCUT2D eigenvalue weighted by molar-refractivity contribution is 6.07. The van der Waals surface area contributed by atoms with Crippen LogP contribution in [0.15, 0.2) is 57.8 Å². The lowest BCUT2D eigenvalue weighted by Crippen LogP contribution is -2.04. The Morgan fingerprint density at radius 2 is 2.10 bits per heavy atom. The largest absolute Gasteiger partial charge is 0.469 e. The summed E-state index contributed by atoms with van der Waals surface area (Å²) in [6.07, 6.45) is 4.58. The second-order valence-electron chi connectivity index (χ2n) is 4.92. The number of esters is 1. The minimum atomic E-state index is -0.397. The first-order valence-electron chi connectivity index (χ1n) is 6.81. The number of hydrogen-bond acceptors (Lipinski definition) is 4. The van der Waals surface area contributed by atoms with E-state index in [4.69, 9.17) is 9.15 Å². The highest BCUT2D eigenvalue weighted by atomic mass is 16.6. The van der Waals surface area contributed by atoms with Crippen LogP contribution in [0.5, 0.6) is 0 Å². The van der Waals surface area contributed by atoms with Gasteiger partial charge in [0.25, 0.3) is 0 Å². The van der Waals surface area contributed by atoms with E-state index in [1.807, 2.05) is 43.3 Å². The number of carbonyl (C=O) groups excluding carboxylic acids is 1. The summed E-state index contributed by atoms with van der Waals surface area (Å²) in [7, 11) is 0. The molecule has 0 bridgehead atoms. The molecule has 4 nitrogen and oxygen atoms in total. The van der Waals surface area contributed by atoms with Crippen molar-refractivity contribution in [2.75, 3.05) is 0 Å². The number of cyclic esters (lactones) is 1. The molecule has 1 aromatic carbocycles. The minimum Gasteiger partial charge on any atom is -0.469 e. The maximum absolute atomic E-state index is 11.8. The van der Waals surface area contributed by atoms with E-state index in [-0.39, 0.29) is 0 Å². The number of carbonyl (C=O) groups is 1. The van der Waals surface area contributed by atoms with Crippen molar-refractivity contribution in [1.29, 1.82) is 0 Å². The zero-order valence-electron chi connectivity index (χ0n) is 11.7. The van der Waals surface area contributed by atoms with Crippen LogP contribution >= 0.6 is 0 Å². The van der Waals surface area contributed by atoms with Gasteiger partial charge in [-0.3, -0.25) is 0 Å². The Morgan fingerprint density at radius 3 is 2.86 bits per heavy atom. The van der Waals surface area contributed by atoms with Crippen molar-refractivity contribution in [1.82, 2.24) is 0 Å². The predicted octanol–water partition coefficient (Wildman–Crippen LogP) is 3.52. The number of ether oxygens (including phenoxy) is 1. The van der Waals surface area contributed by atoms with Gasteiger partial charge in [-0.2, -0.15) is 0 Å². The van der Waals surface area contributed by atoms with Gasteiger partial charge in [0.1, 0.15) is 5.76 Å². The van der Waals surface area contributed by atoms with Gasteiger partial charge in [0.15, 0.2) is 11.6 Å². The van der Waals surface area contributed by atoms with Gasteiger partial charge in [0, 0.05) is 12.8 Å². The van der Waals surface area contributed by atoms with E-state index >= 15 is 0 Å². The van der Waals surface area contributed by atoms with Gasteiger partial charge < -0.3 is 9.15 Å². The third-order valence-corrected chi connectivity index (χ3v) is 3.18. The zero-order valence-corrected chi connectivity index (χ0v) is 11.7. The smallest absolute Gasteiger partial charge is 0.363 e. The number of hydrogen-bond donors (Lipinski definition) is 0. The van der Waals surface area contributed by atoms with Gasteiger partial charge in [-0.1, -0.05) is 29.8 Å². The van der Waals surface area contributed by atoms with Gasteiger partial charge in [0.05, 0.1) is 6.26 Å². The summed E-state index contributed by atoms with van der Waals surface area (Å²) in [6, 6.07) is 11.6. The Labute approximate surface area is 122 Å². The third kappa shape index (κ3) is 3.28. The number of furan rings is 1. The van der Waals surface area contributed by atoms with Gasteiger partial charge in [-0.15, -0.1) is 0 Å². The molecule has 0 spiro atoms. The molecule has 1 aromatic heterocycles. The van der Waals surface area contributed by atoms with Crippen molar-refractivity contribution in [3.05, 3.63) is 65.2 Å². The molecule has 0 fully saturated rings. The summed E-state index contributed by atoms with van der Waals surface area (Å²) in [6.45, 7) is 2.01. The van der Waals surface area contributed by atoms with Crippen molar-refractivity contribution in [3.63, 3.8) is 0 Å². The summed E-state index contributed by atoms with van der Waals surface area (Å²) < 4.78 is 10.4. The molecular weight excluding hydrogens is 266 g/mol. The Hall–Kier alpha value is -2.62. The van der Waals surface area contributed by atoms with Gasteiger partial charge in [-0.05, 0) is 30.7 Å². The van der Waals surface area contributed by atoms with Crippen LogP contribution in [0, 0.1) is 6.92 Å². The lowest BCUT2D eigenvalue weighted by molar-refractivity contribution is -0.130. The molecule has 0 unspecified atom stereocenters. The van der Waals surface area contributed by atoms with Crippen LogP contribution in [0.2, 0.25) is 0 Å². The first-order valence-corrected chi connectivity index (χ1v) is 6.81. The van der Waals surface area contributed by atoms with E-state index < -0.39 is 5.97 Å². The van der Waals surface area contributed by atoms with Crippen molar-refractivity contribution in [2.24, 2.45) is 4.99 Å². The van der Waals surface area contributed by atoms with E-state index in [9.17, 15) is 4.79 Å². The average molecular weight is 281 g/mol. The van der Waals surface area contributed by atoms with Crippen molar-refractivity contribution in [3.8, 4) is 0 Å². The third-order valence-electron chi connectivity index (χ3n) is 3.18. The first-order chi connectivity index (χ1) is 10.2. The molecule has 0 radical (unpaired) electrons. The number of nitrogens with zero attached hydrogens (tertiary/aromatic N) is 1. The van der Waals surface area contributed by atoms with E-state index in [0.29, 0.717) is 24.4 Å². The Bertz CT molecular complexity index is 711. The maximum Gasteiger partial charge on any atom is 0.363 e. The molecule has 0 aliphatic carbocycles. The summed E-state index contributed by atoms with van der Waals surface area (Å²) in [5.74, 6) is 0.895. The molecule has 1 aliphatic heterocycles. The Morgan fingerprint density at radius 1 is 1.19 bits per heavy atom. The lowest BCUT2D eigenvalue weighted by atomic mass is 10.1. The van der Waals surface area contributed by atoms with Crippen LogP contribution in [-0.4, -0.2) is 11.9 Å². The highest BCUT2D eigenvalue weighted by Crippen LogP contribution is 2.18. The summed E-state index contributed by atoms with van der Waals surface area (Å²) in [4.78, 5) is 16.1. The SMILES string of the molecule is Cc1cccc(/C=C2/N=C(CCc3ccco3)OC2=O)c1. The fourth-order valence-corrected chi connectivity index (χ4v) is 2.16. The van der Waals surface area contributed by atoms with Gasteiger partial charge >= 0.3 is 5.97 Å². The molecule has 106 valence electrons. The van der Waals surface area contributed by atoms with Gasteiger partial charge in [-0.25, -0.2) is 9.79 Å². The van der Waals surface area contributed by atoms with Crippen LogP contribution in [0.1, 0.15) is 23.3 Å². The summed E-state index contributed by atoms with van der Waals surface area (Å²) in [5.41, 5.74) is 2.42. The van der Waals surface area contributed by atoms with Crippen LogP contribution < -0.4 is 0 Å². The second kappa shape index (κ2) is 5.79. The molecule has 0 atom stereocenters. The zero-order chi connectivity index (χ0) is 14.7. The molecule has 1 aliphatic rings. The van der Waals surface area contributed by atoms with Crippen LogP contribution in [0.3, 0.4) is 0 Å². The van der Waals surface area contributed by atoms with E-state index in [0.717, 1.165) is 16.9 Å². The molecule has 3 rings (SSSR count). The van der Waals surface area contributed by atoms with E-state index in [2.05, 4.69) is 4.99 Å². The Balaban J connectivity index is 1.72. The summed E-state index contributed by atoms with van der Waals surface area (Å²) in [5, 5.41) is 0. The highest BCUT2D eigenvalue weighted by Gasteiger charge is 2.22. The maximum atomic E-state index is 11.8. The molecule has 0 amide bonds. The minimum absolute atomic E-state index is 0.343. The van der Waals surface area contributed by atoms with Crippen molar-refractivity contribution >= 4 is 17.9 Å². The predicted molar refractivity (Wildman–Crippen MR) is 79.7 cm³/mol. The number of aliphatic imine (C=N–C) groups is 1. The normalized spacial score (nSPS) is 16.1. The Kier molecular flexibility index (Phi) is 3.69. The number of aryl methyl sites for hydroxylation is 2. The van der Waals surface area contributed by atoms with Gasteiger partial charge in [0.2, 0.25) is 0 Å². The molecule has 0 N–H and O–H groups in total. The topological polar surface area (TPSA) is 51.8 Å². The fourth-order valence-electron chi connectivity index (χ4n) is 2.16. The fraction of sp³-hybridized carbons (Fsp3) is 0.176. The number of rotatable bonds is 4. The van der Waals surface area contributed by atoms with E-state index in [1.54, 1.807) is 12.3 Å². The second-order valence-corrected chi connectivity index (χ2v) is 4.92. The molecular formula is C17H15NO3. The van der Waals surface area contributed by atoms with Crippen molar-refractivity contribution in [2.45, 2.75) is 19.8 Å². The van der Waals surface area contributed by atoms with Crippen LogP contribution in [0.25, 0.3) is 6.08 Å². The molecule has 21 heavy (non-hydrogen) atoms. The van der Waals surface area contributed by atoms with Crippen molar-refractivity contribution < 1.29 is 13.9 Å².